The number of aliphatic hydroxyl groups is 1. The van der Waals surface area contributed by atoms with Gasteiger partial charge in [0.1, 0.15) is 11.9 Å². The predicted molar refractivity (Wildman–Crippen MR) is 126 cm³/mol. The number of esters is 1. The molecule has 1 aromatic carbocycles. The van der Waals surface area contributed by atoms with Crippen LogP contribution in [0.4, 0.5) is 0 Å². The molecular weight excluding hydrogens is 400 g/mol. The fourth-order valence-electron chi connectivity index (χ4n) is 5.84. The zero-order valence-electron chi connectivity index (χ0n) is 19.3. The molecule has 4 rings (SSSR count). The average molecular weight is 437 g/mol. The maximum atomic E-state index is 13.2. The molecule has 4 atom stereocenters. The number of ether oxygens (including phenoxy) is 1. The lowest BCUT2D eigenvalue weighted by Gasteiger charge is -2.58. The van der Waals surface area contributed by atoms with Crippen LogP contribution in [0.25, 0.3) is 6.08 Å². The molecule has 1 spiro atoms. The SMILES string of the molecule is CC1(C)CCC2(CC1)C[C@H](C(=O)C[C@H](O)C[C@H]1CC=CC(=O)O1)[C@H]2/C=C/c1ccccc1. The zero-order chi connectivity index (χ0) is 22.8. The van der Waals surface area contributed by atoms with Crippen LogP contribution in [0.15, 0.2) is 48.6 Å². The maximum absolute atomic E-state index is 13.2. The van der Waals surface area contributed by atoms with E-state index < -0.39 is 6.10 Å². The van der Waals surface area contributed by atoms with E-state index in [1.165, 1.54) is 31.8 Å². The van der Waals surface area contributed by atoms with Gasteiger partial charge in [0.05, 0.1) is 6.10 Å². The van der Waals surface area contributed by atoms with Crippen molar-refractivity contribution in [1.82, 2.24) is 0 Å². The van der Waals surface area contributed by atoms with E-state index in [4.69, 9.17) is 4.74 Å². The first-order valence-electron chi connectivity index (χ1n) is 12.1. The van der Waals surface area contributed by atoms with E-state index >= 15 is 0 Å². The summed E-state index contributed by atoms with van der Waals surface area (Å²) < 4.78 is 5.25. The number of rotatable bonds is 7. The Kier molecular flexibility index (Phi) is 6.71. The van der Waals surface area contributed by atoms with Gasteiger partial charge in [0, 0.05) is 31.3 Å². The van der Waals surface area contributed by atoms with Crippen LogP contribution >= 0.6 is 0 Å². The lowest BCUT2D eigenvalue weighted by molar-refractivity contribution is -0.146. The third kappa shape index (κ3) is 5.23. The summed E-state index contributed by atoms with van der Waals surface area (Å²) in [7, 11) is 0. The standard InChI is InChI=1S/C28H36O4/c1-27(2)13-15-28(16-14-27)19-23(24(28)12-11-20-7-4-3-5-8-20)25(30)18-21(29)17-22-9-6-10-26(31)32-22/h3-8,10-12,21-24,29H,9,13-19H2,1-2H3/b12-11+/t21-,22-,23+,24-/m1/s1. The Hall–Kier alpha value is -2.20. The molecule has 172 valence electrons. The average Bonchev–Trinajstić information content (AvgIpc) is 2.73. The molecule has 0 unspecified atom stereocenters. The van der Waals surface area contributed by atoms with Crippen molar-refractivity contribution < 1.29 is 19.4 Å². The van der Waals surface area contributed by atoms with Crippen LogP contribution < -0.4 is 0 Å². The first kappa shape index (κ1) is 23.0. The molecule has 1 aromatic rings. The minimum atomic E-state index is -0.771. The van der Waals surface area contributed by atoms with Crippen LogP contribution in [-0.4, -0.2) is 29.1 Å². The number of benzene rings is 1. The van der Waals surface area contributed by atoms with Crippen molar-refractivity contribution in [3.63, 3.8) is 0 Å². The summed E-state index contributed by atoms with van der Waals surface area (Å²) in [6.07, 6.45) is 13.2. The molecule has 4 nitrogen and oxygen atoms in total. The van der Waals surface area contributed by atoms with Gasteiger partial charge in [0.15, 0.2) is 0 Å². The first-order chi connectivity index (χ1) is 15.3. The third-order valence-electron chi connectivity index (χ3n) is 7.98. The van der Waals surface area contributed by atoms with Crippen LogP contribution in [0.1, 0.15) is 70.8 Å². The molecule has 1 aliphatic heterocycles. The van der Waals surface area contributed by atoms with Gasteiger partial charge in [-0.15, -0.1) is 0 Å². The Morgan fingerprint density at radius 2 is 1.91 bits per heavy atom. The van der Waals surface area contributed by atoms with Crippen LogP contribution in [0.3, 0.4) is 0 Å². The van der Waals surface area contributed by atoms with Crippen LogP contribution in [0.5, 0.6) is 0 Å². The van der Waals surface area contributed by atoms with Gasteiger partial charge in [-0.1, -0.05) is 62.4 Å². The maximum Gasteiger partial charge on any atom is 0.330 e. The largest absolute Gasteiger partial charge is 0.459 e. The fraction of sp³-hybridized carbons (Fsp3) is 0.571. The number of aliphatic hydroxyl groups excluding tert-OH is 1. The van der Waals surface area contributed by atoms with E-state index in [0.29, 0.717) is 18.3 Å². The monoisotopic (exact) mass is 436 g/mol. The topological polar surface area (TPSA) is 63.6 Å². The van der Waals surface area contributed by atoms with E-state index in [1.54, 1.807) is 6.08 Å². The number of carbonyl (C=O) groups excluding carboxylic acids is 2. The molecule has 2 aliphatic carbocycles. The second-order valence-corrected chi connectivity index (χ2v) is 10.9. The van der Waals surface area contributed by atoms with Crippen molar-refractivity contribution in [1.29, 1.82) is 0 Å². The summed E-state index contributed by atoms with van der Waals surface area (Å²) in [4.78, 5) is 24.6. The fourth-order valence-corrected chi connectivity index (χ4v) is 5.84. The molecule has 0 bridgehead atoms. The molecule has 1 N–H and O–H groups in total. The van der Waals surface area contributed by atoms with Gasteiger partial charge in [-0.3, -0.25) is 4.79 Å². The molecule has 2 saturated carbocycles. The highest BCUT2D eigenvalue weighted by Gasteiger charge is 2.56. The molecule has 0 aromatic heterocycles. The van der Waals surface area contributed by atoms with Gasteiger partial charge >= 0.3 is 5.97 Å². The molecule has 3 aliphatic rings. The van der Waals surface area contributed by atoms with Gasteiger partial charge in [-0.25, -0.2) is 4.79 Å². The van der Waals surface area contributed by atoms with E-state index in [1.807, 2.05) is 18.2 Å². The lowest BCUT2D eigenvalue weighted by atomic mass is 9.45. The predicted octanol–water partition coefficient (Wildman–Crippen LogP) is 5.50. The van der Waals surface area contributed by atoms with E-state index in [2.05, 4.69) is 38.1 Å². The van der Waals surface area contributed by atoms with Crippen LogP contribution in [-0.2, 0) is 14.3 Å². The molecule has 2 fully saturated rings. The van der Waals surface area contributed by atoms with Crippen molar-refractivity contribution in [2.45, 2.75) is 77.4 Å². The highest BCUT2D eigenvalue weighted by Crippen LogP contribution is 2.62. The van der Waals surface area contributed by atoms with Crippen LogP contribution in [0, 0.1) is 22.7 Å². The minimum Gasteiger partial charge on any atom is -0.459 e. The summed E-state index contributed by atoms with van der Waals surface area (Å²) in [5, 5.41) is 10.5. The van der Waals surface area contributed by atoms with E-state index in [9.17, 15) is 14.7 Å². The molecular formula is C28H36O4. The molecule has 32 heavy (non-hydrogen) atoms. The quantitative estimate of drug-likeness (QED) is 0.573. The minimum absolute atomic E-state index is 0.0281. The number of ketones is 1. The first-order valence-corrected chi connectivity index (χ1v) is 12.1. The molecule has 0 amide bonds. The summed E-state index contributed by atoms with van der Waals surface area (Å²) in [5.74, 6) is -0.0195. The van der Waals surface area contributed by atoms with Crippen molar-refractivity contribution in [3.8, 4) is 0 Å². The zero-order valence-corrected chi connectivity index (χ0v) is 19.3. The molecule has 0 saturated heterocycles. The number of hydrogen-bond acceptors (Lipinski definition) is 4. The Morgan fingerprint density at radius 1 is 1.19 bits per heavy atom. The number of hydrogen-bond donors (Lipinski definition) is 1. The van der Waals surface area contributed by atoms with Gasteiger partial charge in [0.2, 0.25) is 0 Å². The van der Waals surface area contributed by atoms with E-state index in [0.717, 1.165) is 12.0 Å². The Morgan fingerprint density at radius 3 is 2.59 bits per heavy atom. The van der Waals surface area contributed by atoms with Gasteiger partial charge in [-0.2, -0.15) is 0 Å². The molecule has 0 radical (unpaired) electrons. The summed E-state index contributed by atoms with van der Waals surface area (Å²) >= 11 is 0. The van der Waals surface area contributed by atoms with Crippen molar-refractivity contribution in [2.75, 3.05) is 0 Å². The van der Waals surface area contributed by atoms with Gasteiger partial charge < -0.3 is 9.84 Å². The lowest BCUT2D eigenvalue weighted by Crippen LogP contribution is -2.53. The van der Waals surface area contributed by atoms with Crippen LogP contribution in [0.2, 0.25) is 0 Å². The van der Waals surface area contributed by atoms with Gasteiger partial charge in [-0.05, 0) is 54.4 Å². The van der Waals surface area contributed by atoms with Crippen molar-refractivity contribution >= 4 is 17.8 Å². The Bertz CT molecular complexity index is 872. The Balaban J connectivity index is 1.42. The van der Waals surface area contributed by atoms with Crippen molar-refractivity contribution in [2.24, 2.45) is 22.7 Å². The highest BCUT2D eigenvalue weighted by atomic mass is 16.5. The normalized spacial score (nSPS) is 29.5. The number of cyclic esters (lactones) is 1. The highest BCUT2D eigenvalue weighted by molar-refractivity contribution is 5.84. The molecule has 1 heterocycles. The van der Waals surface area contributed by atoms with Gasteiger partial charge in [0.25, 0.3) is 0 Å². The number of Topliss-reactive ketones (excluding diaryl/α,β-unsaturated/α-hetero) is 1. The number of allylic oxidation sites excluding steroid dienone is 1. The summed E-state index contributed by atoms with van der Waals surface area (Å²) in [5.41, 5.74) is 1.76. The number of carbonyl (C=O) groups is 2. The Labute approximate surface area is 191 Å². The second kappa shape index (κ2) is 9.35. The summed E-state index contributed by atoms with van der Waals surface area (Å²) in [6.45, 7) is 4.69. The smallest absolute Gasteiger partial charge is 0.330 e. The second-order valence-electron chi connectivity index (χ2n) is 10.9. The summed E-state index contributed by atoms with van der Waals surface area (Å²) in [6, 6.07) is 10.3. The third-order valence-corrected chi connectivity index (χ3v) is 7.98. The molecule has 4 heteroatoms. The van der Waals surface area contributed by atoms with Crippen molar-refractivity contribution in [3.05, 3.63) is 54.1 Å². The van der Waals surface area contributed by atoms with E-state index in [-0.39, 0.29) is 41.5 Å².